The molecule has 3 aromatic carbocycles. The quantitative estimate of drug-likeness (QED) is 0.134. The number of hydrogen-bond donors (Lipinski definition) is 2. The van der Waals surface area contributed by atoms with E-state index in [1.807, 2.05) is 6.92 Å². The fraction of sp³-hybridized carbons (Fsp3) is 0.364. The lowest BCUT2D eigenvalue weighted by atomic mass is 9.78. The minimum atomic E-state index is -4.92. The summed E-state index contributed by atoms with van der Waals surface area (Å²) in [6, 6.07) is 14.7. The van der Waals surface area contributed by atoms with Crippen molar-refractivity contribution in [2.24, 2.45) is 0 Å². The Hall–Kier alpha value is -4.75. The molecular formula is C33H34F6N2O6. The molecule has 0 spiro atoms. The van der Waals surface area contributed by atoms with Gasteiger partial charge in [-0.25, -0.2) is 0 Å². The van der Waals surface area contributed by atoms with Gasteiger partial charge in [0.25, 0.3) is 5.91 Å². The van der Waals surface area contributed by atoms with E-state index in [-0.39, 0.29) is 30.8 Å². The van der Waals surface area contributed by atoms with Crippen LogP contribution in [0.25, 0.3) is 0 Å². The molecule has 0 aromatic heterocycles. The number of rotatable bonds is 14. The van der Waals surface area contributed by atoms with Crippen molar-refractivity contribution < 1.29 is 54.9 Å². The summed E-state index contributed by atoms with van der Waals surface area (Å²) in [5.41, 5.74) is 1.77. The number of benzene rings is 3. The van der Waals surface area contributed by atoms with E-state index in [1.54, 1.807) is 31.2 Å². The zero-order valence-corrected chi connectivity index (χ0v) is 25.8. The first-order valence-corrected chi connectivity index (χ1v) is 14.7. The Labute approximate surface area is 267 Å². The lowest BCUT2D eigenvalue weighted by Crippen LogP contribution is -2.28. The minimum Gasteiger partial charge on any atom is -0.466 e. The lowest BCUT2D eigenvalue weighted by molar-refractivity contribution is -0.275. The average Bonchev–Trinajstić information content (AvgIpc) is 2.98. The first-order chi connectivity index (χ1) is 22.1. The van der Waals surface area contributed by atoms with E-state index >= 15 is 0 Å². The van der Waals surface area contributed by atoms with Crippen LogP contribution >= 0.6 is 0 Å². The van der Waals surface area contributed by atoms with Crippen molar-refractivity contribution in [2.45, 2.75) is 64.6 Å². The molecule has 2 unspecified atom stereocenters. The summed E-state index contributed by atoms with van der Waals surface area (Å²) in [5.74, 6) is -3.93. The SMILES string of the molecule is CCCC(c1ccc(C(=O)NCCC(=O)OCC)cc1)C(C(=O)Nc1ccc(OC(F)(F)F)cc1C)c1ccc(OC(F)(F)F)cc1. The number of carbonyl (C=O) groups is 3. The maximum Gasteiger partial charge on any atom is 0.573 e. The predicted octanol–water partition coefficient (Wildman–Crippen LogP) is 7.78. The van der Waals surface area contributed by atoms with Crippen LogP contribution in [-0.4, -0.2) is 43.7 Å². The second-order valence-electron chi connectivity index (χ2n) is 10.4. The van der Waals surface area contributed by atoms with Gasteiger partial charge < -0.3 is 24.8 Å². The zero-order valence-electron chi connectivity index (χ0n) is 25.8. The molecule has 0 bridgehead atoms. The van der Waals surface area contributed by atoms with Crippen LogP contribution in [0.5, 0.6) is 11.5 Å². The number of hydrogen-bond acceptors (Lipinski definition) is 6. The summed E-state index contributed by atoms with van der Waals surface area (Å²) >= 11 is 0. The summed E-state index contributed by atoms with van der Waals surface area (Å²) in [5, 5.41) is 5.37. The second-order valence-corrected chi connectivity index (χ2v) is 10.4. The molecule has 0 aliphatic heterocycles. The number of ether oxygens (including phenoxy) is 3. The fourth-order valence-electron chi connectivity index (χ4n) is 4.96. The number of esters is 1. The normalized spacial score (nSPS) is 12.9. The van der Waals surface area contributed by atoms with Gasteiger partial charge in [0.2, 0.25) is 5.91 Å². The number of halogens is 6. The largest absolute Gasteiger partial charge is 0.573 e. The summed E-state index contributed by atoms with van der Waals surface area (Å²) in [7, 11) is 0. The standard InChI is InChI=1S/C33H34F6N2O6/c1-4-6-26(21-7-9-23(10-8-21)30(43)40-18-17-28(42)45-5-2)29(22-11-13-24(14-12-22)46-32(34,35)36)31(44)41-27-16-15-25(19-20(27)3)47-33(37,38)39/h7-16,19,26,29H,4-6,17-18H2,1-3H3,(H,40,43)(H,41,44). The Bertz CT molecular complexity index is 1510. The Morgan fingerprint density at radius 1 is 0.787 bits per heavy atom. The predicted molar refractivity (Wildman–Crippen MR) is 160 cm³/mol. The molecule has 2 atom stereocenters. The highest BCUT2D eigenvalue weighted by Crippen LogP contribution is 2.39. The van der Waals surface area contributed by atoms with Crippen LogP contribution in [0.15, 0.2) is 66.7 Å². The van der Waals surface area contributed by atoms with Gasteiger partial charge in [0.15, 0.2) is 0 Å². The first-order valence-electron chi connectivity index (χ1n) is 14.7. The van der Waals surface area contributed by atoms with E-state index in [9.17, 15) is 40.7 Å². The van der Waals surface area contributed by atoms with E-state index in [4.69, 9.17) is 4.74 Å². The van der Waals surface area contributed by atoms with Crippen LogP contribution in [-0.2, 0) is 14.3 Å². The van der Waals surface area contributed by atoms with Crippen LogP contribution in [0, 0.1) is 6.92 Å². The Morgan fingerprint density at radius 3 is 1.91 bits per heavy atom. The Balaban J connectivity index is 1.93. The van der Waals surface area contributed by atoms with Gasteiger partial charge in [-0.05, 0) is 85.3 Å². The molecule has 0 saturated carbocycles. The molecule has 2 amide bonds. The monoisotopic (exact) mass is 668 g/mol. The van der Waals surface area contributed by atoms with Crippen molar-refractivity contribution in [1.82, 2.24) is 5.32 Å². The van der Waals surface area contributed by atoms with Gasteiger partial charge in [-0.3, -0.25) is 14.4 Å². The van der Waals surface area contributed by atoms with Gasteiger partial charge in [0.05, 0.1) is 18.9 Å². The number of alkyl halides is 6. The van der Waals surface area contributed by atoms with Gasteiger partial charge in [0, 0.05) is 17.8 Å². The van der Waals surface area contributed by atoms with Crippen LogP contribution in [0.1, 0.15) is 72.0 Å². The molecule has 254 valence electrons. The van der Waals surface area contributed by atoms with Crippen molar-refractivity contribution in [3.05, 3.63) is 89.0 Å². The Kier molecular flexibility index (Phi) is 12.6. The number of carbonyl (C=O) groups excluding carboxylic acids is 3. The van der Waals surface area contributed by atoms with Crippen LogP contribution in [0.2, 0.25) is 0 Å². The van der Waals surface area contributed by atoms with Crippen LogP contribution in [0.4, 0.5) is 32.0 Å². The summed E-state index contributed by atoms with van der Waals surface area (Å²) in [6.45, 7) is 5.33. The van der Waals surface area contributed by atoms with Gasteiger partial charge in [-0.15, -0.1) is 26.3 Å². The van der Waals surface area contributed by atoms with Crippen molar-refractivity contribution in [1.29, 1.82) is 0 Å². The van der Waals surface area contributed by atoms with Gasteiger partial charge >= 0.3 is 18.7 Å². The topological polar surface area (TPSA) is 103 Å². The molecule has 14 heteroatoms. The molecule has 8 nitrogen and oxygen atoms in total. The molecule has 0 radical (unpaired) electrons. The number of anilines is 1. The molecule has 0 aliphatic carbocycles. The summed E-state index contributed by atoms with van der Waals surface area (Å²) in [4.78, 5) is 38.1. The molecular weight excluding hydrogens is 634 g/mol. The third kappa shape index (κ3) is 11.5. The van der Waals surface area contributed by atoms with Crippen LogP contribution < -0.4 is 20.1 Å². The first kappa shape index (κ1) is 36.7. The highest BCUT2D eigenvalue weighted by molar-refractivity contribution is 5.97. The smallest absolute Gasteiger partial charge is 0.466 e. The van der Waals surface area contributed by atoms with Crippen molar-refractivity contribution in [3.63, 3.8) is 0 Å². The second kappa shape index (κ2) is 16.2. The zero-order chi connectivity index (χ0) is 34.8. The summed E-state index contributed by atoms with van der Waals surface area (Å²) < 4.78 is 89.2. The maximum absolute atomic E-state index is 13.9. The van der Waals surface area contributed by atoms with Gasteiger partial charge in [-0.2, -0.15) is 0 Å². The van der Waals surface area contributed by atoms with Gasteiger partial charge in [0.1, 0.15) is 11.5 Å². The minimum absolute atomic E-state index is 0.00260. The average molecular weight is 669 g/mol. The van der Waals surface area contributed by atoms with Crippen molar-refractivity contribution in [2.75, 3.05) is 18.5 Å². The molecule has 0 saturated heterocycles. The van der Waals surface area contributed by atoms with Crippen molar-refractivity contribution in [3.8, 4) is 11.5 Å². The number of aryl methyl sites for hydroxylation is 1. The fourth-order valence-corrected chi connectivity index (χ4v) is 4.96. The molecule has 47 heavy (non-hydrogen) atoms. The van der Waals surface area contributed by atoms with E-state index in [0.29, 0.717) is 29.5 Å². The van der Waals surface area contributed by atoms with Crippen LogP contribution in [0.3, 0.4) is 0 Å². The summed E-state index contributed by atoms with van der Waals surface area (Å²) in [6.07, 6.45) is -8.78. The maximum atomic E-state index is 13.9. The molecule has 3 aromatic rings. The molecule has 3 rings (SSSR count). The highest BCUT2D eigenvalue weighted by Gasteiger charge is 2.34. The van der Waals surface area contributed by atoms with E-state index in [2.05, 4.69) is 20.1 Å². The number of nitrogens with one attached hydrogen (secondary N) is 2. The Morgan fingerprint density at radius 2 is 1.36 bits per heavy atom. The molecule has 0 fully saturated rings. The van der Waals surface area contributed by atoms with E-state index < -0.39 is 53.8 Å². The van der Waals surface area contributed by atoms with Gasteiger partial charge in [-0.1, -0.05) is 37.6 Å². The third-order valence-corrected chi connectivity index (χ3v) is 6.97. The number of amides is 2. The van der Waals surface area contributed by atoms with Crippen molar-refractivity contribution >= 4 is 23.5 Å². The molecule has 2 N–H and O–H groups in total. The van der Waals surface area contributed by atoms with E-state index in [0.717, 1.165) is 24.3 Å². The molecule has 0 aliphatic rings. The van der Waals surface area contributed by atoms with E-state index in [1.165, 1.54) is 25.1 Å². The highest BCUT2D eigenvalue weighted by atomic mass is 19.4. The third-order valence-electron chi connectivity index (χ3n) is 6.97. The molecule has 0 heterocycles. The lowest BCUT2D eigenvalue weighted by Gasteiger charge is -2.28.